The van der Waals surface area contributed by atoms with Gasteiger partial charge in [-0.1, -0.05) is 23.8 Å². The van der Waals surface area contributed by atoms with Crippen LogP contribution in [0, 0.1) is 25.2 Å². The van der Waals surface area contributed by atoms with Crippen molar-refractivity contribution < 1.29 is 0 Å². The fourth-order valence-electron chi connectivity index (χ4n) is 2.35. The van der Waals surface area contributed by atoms with Crippen LogP contribution in [0.3, 0.4) is 0 Å². The lowest BCUT2D eigenvalue weighted by atomic mass is 10.00. The van der Waals surface area contributed by atoms with Crippen LogP contribution in [0.25, 0.3) is 21.3 Å². The summed E-state index contributed by atoms with van der Waals surface area (Å²) >= 11 is 1.38. The third-order valence-electron chi connectivity index (χ3n) is 3.47. The van der Waals surface area contributed by atoms with Crippen molar-refractivity contribution >= 4 is 21.6 Å². The number of aryl methyl sites for hydroxylation is 2. The molecule has 3 rings (SSSR count). The molecular formula is C16H13N3OS. The monoisotopic (exact) mass is 295 g/mol. The van der Waals surface area contributed by atoms with Crippen LogP contribution >= 0.6 is 11.3 Å². The number of rotatable bonds is 2. The number of benzene rings is 1. The second-order valence-electron chi connectivity index (χ2n) is 4.98. The molecule has 0 N–H and O–H groups in total. The molecule has 4 nitrogen and oxygen atoms in total. The highest BCUT2D eigenvalue weighted by atomic mass is 32.1. The first kappa shape index (κ1) is 13.5. The van der Waals surface area contributed by atoms with Crippen molar-refractivity contribution in [2.45, 2.75) is 20.4 Å². The molecule has 2 heterocycles. The van der Waals surface area contributed by atoms with E-state index >= 15 is 0 Å². The van der Waals surface area contributed by atoms with Crippen molar-refractivity contribution in [2.75, 3.05) is 0 Å². The summed E-state index contributed by atoms with van der Waals surface area (Å²) in [5, 5.41) is 10.7. The molecule has 2 aromatic heterocycles. The fraction of sp³-hybridized carbons (Fsp3) is 0.188. The van der Waals surface area contributed by atoms with Crippen molar-refractivity contribution in [3.63, 3.8) is 0 Å². The van der Waals surface area contributed by atoms with Crippen LogP contribution in [0.15, 0.2) is 34.7 Å². The molecule has 0 radical (unpaired) electrons. The molecule has 0 unspecified atom stereocenters. The summed E-state index contributed by atoms with van der Waals surface area (Å²) in [5.74, 6) is 0. The van der Waals surface area contributed by atoms with Gasteiger partial charge < -0.3 is 0 Å². The highest BCUT2D eigenvalue weighted by molar-refractivity contribution is 7.17. The highest BCUT2D eigenvalue weighted by Gasteiger charge is 2.13. The van der Waals surface area contributed by atoms with Gasteiger partial charge in [-0.25, -0.2) is 4.98 Å². The maximum atomic E-state index is 12.3. The average molecular weight is 295 g/mol. The molecule has 21 heavy (non-hydrogen) atoms. The topological polar surface area (TPSA) is 58.7 Å². The van der Waals surface area contributed by atoms with Crippen molar-refractivity contribution in [1.82, 2.24) is 9.55 Å². The Labute approximate surface area is 125 Å². The Kier molecular flexibility index (Phi) is 3.32. The summed E-state index contributed by atoms with van der Waals surface area (Å²) in [6.07, 6.45) is 1.45. The van der Waals surface area contributed by atoms with Crippen LogP contribution in [0.1, 0.15) is 11.1 Å². The largest absolute Gasteiger partial charge is 0.284 e. The van der Waals surface area contributed by atoms with Crippen LogP contribution < -0.4 is 5.56 Å². The summed E-state index contributed by atoms with van der Waals surface area (Å²) in [7, 11) is 0. The minimum Gasteiger partial charge on any atom is -0.284 e. The lowest BCUT2D eigenvalue weighted by Crippen LogP contribution is -2.18. The SMILES string of the molecule is Cc1ccc(C)c(-c2csc3c(=O)n(CC#N)cnc23)c1. The van der Waals surface area contributed by atoms with Gasteiger partial charge in [-0.05, 0) is 25.0 Å². The first-order chi connectivity index (χ1) is 10.1. The fourth-order valence-corrected chi connectivity index (χ4v) is 3.31. The number of hydrogen-bond acceptors (Lipinski definition) is 4. The number of hydrogen-bond donors (Lipinski definition) is 0. The molecule has 5 heteroatoms. The molecule has 0 saturated heterocycles. The Morgan fingerprint density at radius 1 is 1.33 bits per heavy atom. The van der Waals surface area contributed by atoms with Crippen LogP contribution in [0.4, 0.5) is 0 Å². The Hall–Kier alpha value is -2.45. The van der Waals surface area contributed by atoms with Crippen LogP contribution in [0.2, 0.25) is 0 Å². The number of fused-ring (bicyclic) bond motifs is 1. The summed E-state index contributed by atoms with van der Waals surface area (Å²) in [4.78, 5) is 16.7. The molecule has 0 bridgehead atoms. The number of nitrogens with zero attached hydrogens (tertiary/aromatic N) is 3. The van der Waals surface area contributed by atoms with E-state index in [1.54, 1.807) is 0 Å². The molecule has 0 spiro atoms. The average Bonchev–Trinajstić information content (AvgIpc) is 2.89. The molecule has 0 atom stereocenters. The zero-order chi connectivity index (χ0) is 15.0. The summed E-state index contributed by atoms with van der Waals surface area (Å²) in [5.41, 5.74) is 4.98. The molecule has 0 amide bonds. The molecule has 0 aliphatic carbocycles. The summed E-state index contributed by atoms with van der Waals surface area (Å²) in [6, 6.07) is 8.23. The number of nitriles is 1. The van der Waals surface area contributed by atoms with E-state index in [0.717, 1.165) is 16.7 Å². The van der Waals surface area contributed by atoms with Gasteiger partial charge in [0.25, 0.3) is 5.56 Å². The maximum absolute atomic E-state index is 12.3. The lowest BCUT2D eigenvalue weighted by Gasteiger charge is -2.06. The second kappa shape index (κ2) is 5.15. The van der Waals surface area contributed by atoms with E-state index in [4.69, 9.17) is 5.26 Å². The Morgan fingerprint density at radius 3 is 2.90 bits per heavy atom. The lowest BCUT2D eigenvalue weighted by molar-refractivity contribution is 0.777. The second-order valence-corrected chi connectivity index (χ2v) is 5.86. The Balaban J connectivity index is 2.27. The summed E-state index contributed by atoms with van der Waals surface area (Å²) < 4.78 is 1.94. The highest BCUT2D eigenvalue weighted by Crippen LogP contribution is 2.33. The first-order valence-corrected chi connectivity index (χ1v) is 7.41. The van der Waals surface area contributed by atoms with E-state index in [2.05, 4.69) is 30.1 Å². The molecular weight excluding hydrogens is 282 g/mol. The van der Waals surface area contributed by atoms with Crippen molar-refractivity contribution in [3.8, 4) is 17.2 Å². The molecule has 0 saturated carbocycles. The molecule has 1 aromatic carbocycles. The standard InChI is InChI=1S/C16H13N3OS/c1-10-3-4-11(2)12(7-10)13-8-21-15-14(13)18-9-19(6-5-17)16(15)20/h3-4,7-9H,6H2,1-2H3. The van der Waals surface area contributed by atoms with Gasteiger partial charge in [0.15, 0.2) is 0 Å². The Morgan fingerprint density at radius 2 is 2.14 bits per heavy atom. The van der Waals surface area contributed by atoms with E-state index in [0.29, 0.717) is 10.2 Å². The number of thiophene rings is 1. The smallest absolute Gasteiger partial charge is 0.272 e. The zero-order valence-corrected chi connectivity index (χ0v) is 12.6. The van der Waals surface area contributed by atoms with E-state index in [1.807, 2.05) is 18.4 Å². The third kappa shape index (κ3) is 2.24. The van der Waals surface area contributed by atoms with E-state index < -0.39 is 0 Å². The minimum atomic E-state index is -0.150. The molecule has 0 aliphatic heterocycles. The van der Waals surface area contributed by atoms with E-state index in [1.165, 1.54) is 27.8 Å². The maximum Gasteiger partial charge on any atom is 0.272 e. The van der Waals surface area contributed by atoms with Gasteiger partial charge in [0.1, 0.15) is 11.2 Å². The van der Waals surface area contributed by atoms with Gasteiger partial charge in [0.05, 0.1) is 17.9 Å². The van der Waals surface area contributed by atoms with Gasteiger partial charge in [0.2, 0.25) is 0 Å². The minimum absolute atomic E-state index is 0.0263. The van der Waals surface area contributed by atoms with Crippen molar-refractivity contribution in [1.29, 1.82) is 5.26 Å². The first-order valence-electron chi connectivity index (χ1n) is 6.53. The van der Waals surface area contributed by atoms with Gasteiger partial charge >= 0.3 is 0 Å². The molecule has 104 valence electrons. The number of aromatic nitrogens is 2. The zero-order valence-electron chi connectivity index (χ0n) is 11.8. The van der Waals surface area contributed by atoms with Crippen LogP contribution in [0.5, 0.6) is 0 Å². The normalized spacial score (nSPS) is 10.7. The van der Waals surface area contributed by atoms with Crippen LogP contribution in [-0.2, 0) is 6.54 Å². The van der Waals surface area contributed by atoms with Gasteiger partial charge in [-0.15, -0.1) is 11.3 Å². The predicted molar refractivity (Wildman–Crippen MR) is 84.4 cm³/mol. The Bertz CT molecular complexity index is 931. The van der Waals surface area contributed by atoms with Gasteiger partial charge in [-0.2, -0.15) is 5.26 Å². The predicted octanol–water partition coefficient (Wildman–Crippen LogP) is 3.27. The van der Waals surface area contributed by atoms with Gasteiger partial charge in [0, 0.05) is 10.9 Å². The van der Waals surface area contributed by atoms with E-state index in [9.17, 15) is 4.79 Å². The summed E-state index contributed by atoms with van der Waals surface area (Å²) in [6.45, 7) is 4.12. The van der Waals surface area contributed by atoms with Crippen molar-refractivity contribution in [2.24, 2.45) is 0 Å². The quantitative estimate of drug-likeness (QED) is 0.729. The molecule has 3 aromatic rings. The van der Waals surface area contributed by atoms with Crippen LogP contribution in [-0.4, -0.2) is 9.55 Å². The van der Waals surface area contributed by atoms with Crippen molar-refractivity contribution in [3.05, 3.63) is 51.4 Å². The van der Waals surface area contributed by atoms with E-state index in [-0.39, 0.29) is 12.1 Å². The third-order valence-corrected chi connectivity index (χ3v) is 4.43. The van der Waals surface area contributed by atoms with Gasteiger partial charge in [-0.3, -0.25) is 9.36 Å². The molecule has 0 aliphatic rings. The molecule has 0 fully saturated rings.